The zero-order valence-corrected chi connectivity index (χ0v) is 17.5. The van der Waals surface area contributed by atoms with Crippen LogP contribution in [0, 0.1) is 11.8 Å². The van der Waals surface area contributed by atoms with E-state index in [9.17, 15) is 4.79 Å². The highest BCUT2D eigenvalue weighted by Crippen LogP contribution is 2.45. The summed E-state index contributed by atoms with van der Waals surface area (Å²) in [4.78, 5) is 14.6. The molecular formula is C22H24Cl2N2O3. The molecule has 5 nitrogen and oxygen atoms in total. The number of nitrogens with one attached hydrogen (secondary N) is 1. The number of amides is 1. The quantitative estimate of drug-likeness (QED) is 0.608. The molecule has 1 aliphatic heterocycles. The minimum Gasteiger partial charge on any atom is -0.494 e. The Hall–Kier alpha value is -1.95. The number of likely N-dealkylation sites (tertiary alicyclic amines) is 1. The molecule has 2 aromatic carbocycles. The maximum Gasteiger partial charge on any atom is 0.258 e. The van der Waals surface area contributed by atoms with Crippen LogP contribution in [-0.2, 0) is 4.79 Å². The van der Waals surface area contributed by atoms with Gasteiger partial charge in [-0.25, -0.2) is 0 Å². The maximum absolute atomic E-state index is 12.1. The van der Waals surface area contributed by atoms with Gasteiger partial charge in [0.05, 0.1) is 6.61 Å². The first-order chi connectivity index (χ1) is 14.1. The number of piperidine rings is 1. The lowest BCUT2D eigenvalue weighted by Crippen LogP contribution is -2.37. The summed E-state index contributed by atoms with van der Waals surface area (Å²) < 4.78 is 11.2. The maximum atomic E-state index is 12.1. The van der Waals surface area contributed by atoms with Gasteiger partial charge in [0.1, 0.15) is 11.5 Å². The molecule has 0 aromatic heterocycles. The van der Waals surface area contributed by atoms with Crippen molar-refractivity contribution in [2.45, 2.75) is 12.5 Å². The molecule has 1 saturated carbocycles. The molecule has 1 saturated heterocycles. The van der Waals surface area contributed by atoms with E-state index in [1.807, 2.05) is 24.3 Å². The Bertz CT molecular complexity index is 817. The predicted octanol–water partition coefficient (Wildman–Crippen LogP) is 3.89. The van der Waals surface area contributed by atoms with Gasteiger partial charge in [-0.1, -0.05) is 23.2 Å². The zero-order chi connectivity index (χ0) is 20.2. The first-order valence-electron chi connectivity index (χ1n) is 9.87. The van der Waals surface area contributed by atoms with E-state index in [0.717, 1.165) is 31.8 Å². The molecule has 1 aliphatic carbocycles. The van der Waals surface area contributed by atoms with Crippen LogP contribution in [0.2, 0.25) is 10.0 Å². The third-order valence-corrected chi connectivity index (χ3v) is 5.99. The number of halogens is 2. The van der Waals surface area contributed by atoms with Crippen LogP contribution in [0.25, 0.3) is 0 Å². The van der Waals surface area contributed by atoms with E-state index in [2.05, 4.69) is 10.2 Å². The lowest BCUT2D eigenvalue weighted by Gasteiger charge is -2.20. The molecule has 1 unspecified atom stereocenters. The number of nitrogens with zero attached hydrogens (tertiary/aromatic N) is 1. The largest absolute Gasteiger partial charge is 0.494 e. The molecular weight excluding hydrogens is 411 g/mol. The molecule has 7 heteroatoms. The molecule has 2 aliphatic rings. The predicted molar refractivity (Wildman–Crippen MR) is 114 cm³/mol. The Balaban J connectivity index is 1.08. The zero-order valence-electron chi connectivity index (χ0n) is 16.0. The van der Waals surface area contributed by atoms with Gasteiger partial charge >= 0.3 is 0 Å². The smallest absolute Gasteiger partial charge is 0.258 e. The van der Waals surface area contributed by atoms with Crippen LogP contribution in [-0.4, -0.2) is 49.7 Å². The van der Waals surface area contributed by atoms with Gasteiger partial charge in [0.25, 0.3) is 5.91 Å². The van der Waals surface area contributed by atoms with E-state index in [1.165, 1.54) is 0 Å². The van der Waals surface area contributed by atoms with Crippen LogP contribution >= 0.6 is 23.2 Å². The van der Waals surface area contributed by atoms with Crippen LogP contribution in [0.3, 0.4) is 0 Å². The fraction of sp³-hybridized carbons (Fsp3) is 0.409. The van der Waals surface area contributed by atoms with Crippen LogP contribution in [0.15, 0.2) is 48.5 Å². The molecule has 1 N–H and O–H groups in total. The molecule has 0 radical (unpaired) electrons. The van der Waals surface area contributed by atoms with E-state index in [1.54, 1.807) is 24.3 Å². The van der Waals surface area contributed by atoms with Gasteiger partial charge in [0.2, 0.25) is 0 Å². The van der Waals surface area contributed by atoms with Gasteiger partial charge in [-0.15, -0.1) is 0 Å². The Morgan fingerprint density at radius 2 is 1.48 bits per heavy atom. The van der Waals surface area contributed by atoms with Gasteiger partial charge in [-0.05, 0) is 66.8 Å². The summed E-state index contributed by atoms with van der Waals surface area (Å²) in [6.07, 6.45) is 0.980. The van der Waals surface area contributed by atoms with Gasteiger partial charge in [0.15, 0.2) is 6.61 Å². The molecule has 0 bridgehead atoms. The normalized spacial score (nSPS) is 22.8. The summed E-state index contributed by atoms with van der Waals surface area (Å²) in [6, 6.07) is 14.7. The molecule has 3 atom stereocenters. The standard InChI is InChI=1S/C22H24Cl2N2O3/c23-15-2-6-17(7-3-15)28-11-1-10-26-12-19-20(13-26)22(19)25-21(27)14-29-18-8-4-16(24)5-9-18/h2-9,19-20,22H,1,10-14H2,(H,25,27)/t19-,20+,22?. The van der Waals surface area contributed by atoms with Crippen LogP contribution in [0.1, 0.15) is 6.42 Å². The molecule has 2 aromatic rings. The van der Waals surface area contributed by atoms with Gasteiger partial charge in [-0.3, -0.25) is 4.79 Å². The highest BCUT2D eigenvalue weighted by Gasteiger charge is 2.56. The summed E-state index contributed by atoms with van der Waals surface area (Å²) in [6.45, 7) is 3.81. The number of fused-ring (bicyclic) bond motifs is 1. The Labute approximate surface area is 180 Å². The number of carbonyl (C=O) groups excluding carboxylic acids is 1. The third kappa shape index (κ3) is 5.56. The number of hydrogen-bond acceptors (Lipinski definition) is 4. The summed E-state index contributed by atoms with van der Waals surface area (Å²) in [5, 5.41) is 4.46. The second-order valence-electron chi connectivity index (χ2n) is 7.58. The summed E-state index contributed by atoms with van der Waals surface area (Å²) in [5.74, 6) is 2.55. The highest BCUT2D eigenvalue weighted by atomic mass is 35.5. The Morgan fingerprint density at radius 3 is 2.07 bits per heavy atom. The lowest BCUT2D eigenvalue weighted by molar-refractivity contribution is -0.123. The van der Waals surface area contributed by atoms with Crippen molar-refractivity contribution in [1.82, 2.24) is 10.2 Å². The number of hydrogen-bond donors (Lipinski definition) is 1. The van der Waals surface area contributed by atoms with Crippen molar-refractivity contribution in [1.29, 1.82) is 0 Å². The van der Waals surface area contributed by atoms with Crippen molar-refractivity contribution < 1.29 is 14.3 Å². The van der Waals surface area contributed by atoms with Gasteiger partial charge in [0, 0.05) is 35.7 Å². The first-order valence-corrected chi connectivity index (χ1v) is 10.6. The second kappa shape index (κ2) is 9.24. The average molecular weight is 435 g/mol. The fourth-order valence-electron chi connectivity index (χ4n) is 3.93. The summed E-state index contributed by atoms with van der Waals surface area (Å²) in [7, 11) is 0. The van der Waals surface area contributed by atoms with E-state index in [0.29, 0.717) is 34.2 Å². The van der Waals surface area contributed by atoms with E-state index in [-0.39, 0.29) is 18.6 Å². The molecule has 2 fully saturated rings. The van der Waals surface area contributed by atoms with Crippen LogP contribution in [0.5, 0.6) is 11.5 Å². The molecule has 154 valence electrons. The number of benzene rings is 2. The first kappa shape index (κ1) is 20.3. The second-order valence-corrected chi connectivity index (χ2v) is 8.45. The van der Waals surface area contributed by atoms with Crippen molar-refractivity contribution in [3.8, 4) is 11.5 Å². The van der Waals surface area contributed by atoms with Crippen molar-refractivity contribution in [2.24, 2.45) is 11.8 Å². The third-order valence-electron chi connectivity index (χ3n) is 5.48. The number of ether oxygens (including phenoxy) is 2. The minimum atomic E-state index is -0.0673. The summed E-state index contributed by atoms with van der Waals surface area (Å²) in [5.41, 5.74) is 0. The van der Waals surface area contributed by atoms with Gasteiger partial charge < -0.3 is 19.7 Å². The van der Waals surface area contributed by atoms with E-state index >= 15 is 0 Å². The monoisotopic (exact) mass is 434 g/mol. The summed E-state index contributed by atoms with van der Waals surface area (Å²) >= 11 is 11.7. The topological polar surface area (TPSA) is 50.8 Å². The fourth-order valence-corrected chi connectivity index (χ4v) is 4.18. The highest BCUT2D eigenvalue weighted by molar-refractivity contribution is 6.30. The van der Waals surface area contributed by atoms with Crippen molar-refractivity contribution >= 4 is 29.1 Å². The van der Waals surface area contributed by atoms with Crippen molar-refractivity contribution in [3.05, 3.63) is 58.6 Å². The Kier molecular flexibility index (Phi) is 6.48. The van der Waals surface area contributed by atoms with Crippen LogP contribution < -0.4 is 14.8 Å². The average Bonchev–Trinajstić information content (AvgIpc) is 3.15. The lowest BCUT2D eigenvalue weighted by atomic mass is 10.3. The van der Waals surface area contributed by atoms with E-state index in [4.69, 9.17) is 32.7 Å². The van der Waals surface area contributed by atoms with E-state index < -0.39 is 0 Å². The molecule has 0 spiro atoms. The molecule has 4 rings (SSSR count). The van der Waals surface area contributed by atoms with Crippen LogP contribution in [0.4, 0.5) is 0 Å². The number of carbonyl (C=O) groups is 1. The van der Waals surface area contributed by atoms with Gasteiger partial charge in [-0.2, -0.15) is 0 Å². The molecule has 1 heterocycles. The number of rotatable bonds is 9. The van der Waals surface area contributed by atoms with Crippen molar-refractivity contribution in [3.63, 3.8) is 0 Å². The molecule has 1 amide bonds. The molecule has 29 heavy (non-hydrogen) atoms. The Morgan fingerprint density at radius 1 is 0.931 bits per heavy atom. The van der Waals surface area contributed by atoms with Crippen molar-refractivity contribution in [2.75, 3.05) is 32.8 Å². The minimum absolute atomic E-state index is 0.0311. The SMILES string of the molecule is O=C(COc1ccc(Cl)cc1)NC1[C@H]2CN(CCCOc3ccc(Cl)cc3)C[C@@H]12.